The maximum Gasteiger partial charge on any atom is 0.295 e. The Labute approximate surface area is 195 Å². The number of ether oxygens (including phenoxy) is 2. The lowest BCUT2D eigenvalue weighted by molar-refractivity contribution is -0.140. The molecule has 0 saturated carbocycles. The summed E-state index contributed by atoms with van der Waals surface area (Å²) in [5, 5.41) is 11.3. The Morgan fingerprint density at radius 1 is 1.12 bits per heavy atom. The number of aliphatic hydroxyl groups excluding tert-OH is 1. The third kappa shape index (κ3) is 5.25. The maximum absolute atomic E-state index is 13.1. The van der Waals surface area contributed by atoms with Crippen molar-refractivity contribution in [3.8, 4) is 5.75 Å². The summed E-state index contributed by atoms with van der Waals surface area (Å²) in [6.07, 6.45) is 3.89. The summed E-state index contributed by atoms with van der Waals surface area (Å²) in [6, 6.07) is 8.10. The SMILES string of the molecule is COc1ccc(/C(O)=C2/C(=O)C(=O)N(CCCOC(C)C)C2c2ccncc2)cc1C(C)C. The first-order valence-electron chi connectivity index (χ1n) is 11.2. The number of rotatable bonds is 9. The molecule has 1 unspecified atom stereocenters. The van der Waals surface area contributed by atoms with Crippen LogP contribution in [0.4, 0.5) is 0 Å². The predicted octanol–water partition coefficient (Wildman–Crippen LogP) is 4.45. The number of methoxy groups -OCH3 is 1. The molecule has 1 aliphatic rings. The van der Waals surface area contributed by atoms with Crippen LogP contribution < -0.4 is 4.74 Å². The quantitative estimate of drug-likeness (QED) is 0.262. The van der Waals surface area contributed by atoms with Crippen molar-refractivity contribution in [2.75, 3.05) is 20.3 Å². The van der Waals surface area contributed by atoms with E-state index in [1.54, 1.807) is 43.8 Å². The van der Waals surface area contributed by atoms with Gasteiger partial charge in [-0.25, -0.2) is 0 Å². The summed E-state index contributed by atoms with van der Waals surface area (Å²) in [4.78, 5) is 31.7. The molecule has 3 rings (SSSR count). The second-order valence-electron chi connectivity index (χ2n) is 8.66. The zero-order valence-electron chi connectivity index (χ0n) is 19.9. The molecule has 1 saturated heterocycles. The molecule has 0 aliphatic carbocycles. The van der Waals surface area contributed by atoms with Crippen molar-refractivity contribution in [2.45, 2.75) is 52.2 Å². The van der Waals surface area contributed by atoms with E-state index in [4.69, 9.17) is 9.47 Å². The van der Waals surface area contributed by atoms with Gasteiger partial charge in [0.1, 0.15) is 11.5 Å². The number of carbonyl (C=O) groups is 2. The predicted molar refractivity (Wildman–Crippen MR) is 126 cm³/mol. The van der Waals surface area contributed by atoms with Gasteiger partial charge in [-0.2, -0.15) is 0 Å². The van der Waals surface area contributed by atoms with Gasteiger partial charge in [0.15, 0.2) is 0 Å². The number of Topliss-reactive ketones (excluding diaryl/α,β-unsaturated/α-hetero) is 1. The van der Waals surface area contributed by atoms with Crippen molar-refractivity contribution in [1.29, 1.82) is 0 Å². The van der Waals surface area contributed by atoms with Gasteiger partial charge in [-0.3, -0.25) is 14.6 Å². The molecule has 1 aromatic carbocycles. The standard InChI is InChI=1S/C26H32N2O5/c1-16(2)20-15-19(7-8-21(20)32-5)24(29)22-23(18-9-11-27-12-10-18)28(26(31)25(22)30)13-6-14-33-17(3)4/h7-12,15-17,23,29H,6,13-14H2,1-5H3/b24-22-. The summed E-state index contributed by atoms with van der Waals surface area (Å²) in [5.41, 5.74) is 2.17. The lowest BCUT2D eigenvalue weighted by Crippen LogP contribution is -2.31. The van der Waals surface area contributed by atoms with Crippen LogP contribution in [0.3, 0.4) is 0 Å². The highest BCUT2D eigenvalue weighted by molar-refractivity contribution is 6.46. The van der Waals surface area contributed by atoms with Crippen molar-refractivity contribution < 1.29 is 24.2 Å². The van der Waals surface area contributed by atoms with Gasteiger partial charge in [-0.05, 0) is 67.6 Å². The van der Waals surface area contributed by atoms with E-state index in [1.807, 2.05) is 33.8 Å². The van der Waals surface area contributed by atoms with Crippen LogP contribution in [0.1, 0.15) is 62.8 Å². The van der Waals surface area contributed by atoms with Crippen LogP contribution in [-0.2, 0) is 14.3 Å². The molecule has 33 heavy (non-hydrogen) atoms. The molecule has 1 amide bonds. The van der Waals surface area contributed by atoms with Crippen LogP contribution in [0.5, 0.6) is 5.75 Å². The maximum atomic E-state index is 13.1. The molecule has 0 radical (unpaired) electrons. The Morgan fingerprint density at radius 2 is 1.82 bits per heavy atom. The van der Waals surface area contributed by atoms with E-state index in [1.165, 1.54) is 4.90 Å². The normalized spacial score (nSPS) is 17.9. The molecular formula is C26H32N2O5. The second kappa shape index (κ2) is 10.6. The van der Waals surface area contributed by atoms with E-state index in [0.717, 1.165) is 5.56 Å². The number of likely N-dealkylation sites (tertiary alicyclic amines) is 1. The average molecular weight is 453 g/mol. The van der Waals surface area contributed by atoms with Crippen molar-refractivity contribution in [3.05, 3.63) is 65.0 Å². The van der Waals surface area contributed by atoms with Crippen LogP contribution in [-0.4, -0.2) is 53.0 Å². The van der Waals surface area contributed by atoms with Gasteiger partial charge < -0.3 is 19.5 Å². The minimum atomic E-state index is -0.698. The largest absolute Gasteiger partial charge is 0.507 e. The molecule has 1 N–H and O–H groups in total. The Balaban J connectivity index is 2.06. The van der Waals surface area contributed by atoms with Crippen LogP contribution in [0.25, 0.3) is 5.76 Å². The summed E-state index contributed by atoms with van der Waals surface area (Å²) >= 11 is 0. The van der Waals surface area contributed by atoms with Gasteiger partial charge in [0, 0.05) is 31.1 Å². The van der Waals surface area contributed by atoms with Gasteiger partial charge in [0.05, 0.1) is 24.8 Å². The Bertz CT molecular complexity index is 1030. The van der Waals surface area contributed by atoms with Crippen molar-refractivity contribution in [2.24, 2.45) is 0 Å². The van der Waals surface area contributed by atoms with Crippen LogP contribution >= 0.6 is 0 Å². The molecule has 1 atom stereocenters. The Hall–Kier alpha value is -3.19. The van der Waals surface area contributed by atoms with Crippen molar-refractivity contribution in [1.82, 2.24) is 9.88 Å². The fraction of sp³-hybridized carbons (Fsp3) is 0.423. The van der Waals surface area contributed by atoms with E-state index in [0.29, 0.717) is 36.4 Å². The van der Waals surface area contributed by atoms with E-state index in [-0.39, 0.29) is 23.4 Å². The summed E-state index contributed by atoms with van der Waals surface area (Å²) < 4.78 is 11.0. The first kappa shape index (κ1) is 24.5. The fourth-order valence-corrected chi connectivity index (χ4v) is 4.05. The molecular weight excluding hydrogens is 420 g/mol. The first-order chi connectivity index (χ1) is 15.8. The summed E-state index contributed by atoms with van der Waals surface area (Å²) in [7, 11) is 1.60. The van der Waals surface area contributed by atoms with Crippen LogP contribution in [0.2, 0.25) is 0 Å². The second-order valence-corrected chi connectivity index (χ2v) is 8.66. The molecule has 0 spiro atoms. The topological polar surface area (TPSA) is 89.0 Å². The zero-order chi connectivity index (χ0) is 24.1. The lowest BCUT2D eigenvalue weighted by atomic mass is 9.93. The number of carbonyl (C=O) groups excluding carboxylic acids is 2. The third-order valence-corrected chi connectivity index (χ3v) is 5.68. The number of amides is 1. The smallest absolute Gasteiger partial charge is 0.295 e. The Kier molecular flexibility index (Phi) is 7.87. The molecule has 7 heteroatoms. The minimum absolute atomic E-state index is 0.0795. The van der Waals surface area contributed by atoms with Gasteiger partial charge in [-0.15, -0.1) is 0 Å². The molecule has 176 valence electrons. The third-order valence-electron chi connectivity index (χ3n) is 5.68. The van der Waals surface area contributed by atoms with Crippen LogP contribution in [0, 0.1) is 0 Å². The average Bonchev–Trinajstić information content (AvgIpc) is 3.06. The minimum Gasteiger partial charge on any atom is -0.507 e. The molecule has 1 aliphatic heterocycles. The van der Waals surface area contributed by atoms with E-state index in [9.17, 15) is 14.7 Å². The van der Waals surface area contributed by atoms with Gasteiger partial charge >= 0.3 is 0 Å². The van der Waals surface area contributed by atoms with E-state index in [2.05, 4.69) is 4.98 Å². The monoisotopic (exact) mass is 452 g/mol. The van der Waals surface area contributed by atoms with Gasteiger partial charge in [0.25, 0.3) is 11.7 Å². The Morgan fingerprint density at radius 3 is 2.42 bits per heavy atom. The number of aromatic nitrogens is 1. The van der Waals surface area contributed by atoms with E-state index < -0.39 is 17.7 Å². The lowest BCUT2D eigenvalue weighted by Gasteiger charge is -2.25. The zero-order valence-corrected chi connectivity index (χ0v) is 19.9. The van der Waals surface area contributed by atoms with Crippen LogP contribution in [0.15, 0.2) is 48.3 Å². The molecule has 1 aromatic heterocycles. The highest BCUT2D eigenvalue weighted by atomic mass is 16.5. The summed E-state index contributed by atoms with van der Waals surface area (Å²) in [6.45, 7) is 8.75. The number of aliphatic hydroxyl groups is 1. The first-order valence-corrected chi connectivity index (χ1v) is 11.2. The molecule has 2 heterocycles. The fourth-order valence-electron chi connectivity index (χ4n) is 4.05. The van der Waals surface area contributed by atoms with Crippen molar-refractivity contribution >= 4 is 17.4 Å². The van der Waals surface area contributed by atoms with Gasteiger partial charge in [0.2, 0.25) is 0 Å². The number of nitrogens with zero attached hydrogens (tertiary/aromatic N) is 2. The molecule has 2 aromatic rings. The highest BCUT2D eigenvalue weighted by Gasteiger charge is 2.45. The number of ketones is 1. The molecule has 0 bridgehead atoms. The summed E-state index contributed by atoms with van der Waals surface area (Å²) in [5.74, 6) is -0.660. The molecule has 1 fully saturated rings. The molecule has 7 nitrogen and oxygen atoms in total. The number of hydrogen-bond donors (Lipinski definition) is 1. The highest BCUT2D eigenvalue weighted by Crippen LogP contribution is 2.40. The van der Waals surface area contributed by atoms with Gasteiger partial charge in [-0.1, -0.05) is 13.8 Å². The van der Waals surface area contributed by atoms with E-state index >= 15 is 0 Å². The van der Waals surface area contributed by atoms with Crippen molar-refractivity contribution in [3.63, 3.8) is 0 Å². The number of hydrogen-bond acceptors (Lipinski definition) is 6. The number of pyridine rings is 1. The number of benzene rings is 1.